The maximum absolute atomic E-state index is 14.0. The molecule has 0 saturated heterocycles. The van der Waals surface area contributed by atoms with Gasteiger partial charge in [-0.1, -0.05) is 11.6 Å². The second-order valence-corrected chi connectivity index (χ2v) is 7.56. The van der Waals surface area contributed by atoms with Gasteiger partial charge in [-0.15, -0.1) is 11.3 Å². The van der Waals surface area contributed by atoms with Crippen molar-refractivity contribution < 1.29 is 9.13 Å². The van der Waals surface area contributed by atoms with Gasteiger partial charge in [0, 0.05) is 17.1 Å². The van der Waals surface area contributed by atoms with Crippen LogP contribution < -0.4 is 10.1 Å². The second-order valence-electron chi connectivity index (χ2n) is 6.35. The molecule has 1 aliphatic rings. The fourth-order valence-corrected chi connectivity index (χ4v) is 3.79. The lowest BCUT2D eigenvalue weighted by molar-refractivity contribution is 0.124. The first kappa shape index (κ1) is 17.4. The average Bonchev–Trinajstić information content (AvgIpc) is 2.96. The lowest BCUT2D eigenvalue weighted by Gasteiger charge is -2.32. The number of hydrogen-bond acceptors (Lipinski definition) is 6. The summed E-state index contributed by atoms with van der Waals surface area (Å²) in [5, 5.41) is 6.23. The lowest BCUT2D eigenvalue weighted by atomic mass is 9.85. The van der Waals surface area contributed by atoms with E-state index in [0.717, 1.165) is 18.5 Å². The summed E-state index contributed by atoms with van der Waals surface area (Å²) in [6, 6.07) is 0.138. The molecule has 0 atom stereocenters. The first-order chi connectivity index (χ1) is 11.4. The predicted molar refractivity (Wildman–Crippen MR) is 94.8 cm³/mol. The molecule has 2 aromatic heterocycles. The highest BCUT2D eigenvalue weighted by molar-refractivity contribution is 7.13. The molecule has 2 heterocycles. The maximum Gasteiger partial charge on any atom is 0.198 e. The van der Waals surface area contributed by atoms with Crippen molar-refractivity contribution in [1.82, 2.24) is 15.0 Å². The van der Waals surface area contributed by atoms with E-state index in [4.69, 9.17) is 16.3 Å². The van der Waals surface area contributed by atoms with Gasteiger partial charge in [0.15, 0.2) is 27.6 Å². The second kappa shape index (κ2) is 6.80. The highest BCUT2D eigenvalue weighted by Gasteiger charge is 2.31. The Labute approximate surface area is 149 Å². The zero-order valence-corrected chi connectivity index (χ0v) is 15.5. The number of aromatic nitrogens is 3. The number of halogens is 2. The van der Waals surface area contributed by atoms with E-state index in [1.807, 2.05) is 12.3 Å². The highest BCUT2D eigenvalue weighted by atomic mass is 35.5. The summed E-state index contributed by atoms with van der Waals surface area (Å²) in [4.78, 5) is 13.2. The molecule has 1 aliphatic carbocycles. The minimum atomic E-state index is -1.07. The third-order valence-electron chi connectivity index (χ3n) is 4.21. The van der Waals surface area contributed by atoms with Crippen LogP contribution in [0.2, 0.25) is 5.15 Å². The number of thiazole rings is 1. The van der Waals surface area contributed by atoms with Gasteiger partial charge in [0.25, 0.3) is 0 Å². The van der Waals surface area contributed by atoms with Crippen LogP contribution in [-0.2, 0) is 0 Å². The molecule has 1 N–H and O–H groups in total. The highest BCUT2D eigenvalue weighted by Crippen LogP contribution is 2.37. The Morgan fingerprint density at radius 1 is 1.33 bits per heavy atom. The first-order valence-electron chi connectivity index (χ1n) is 7.87. The fraction of sp³-hybridized carbons (Fsp3) is 0.562. The van der Waals surface area contributed by atoms with E-state index in [2.05, 4.69) is 20.3 Å². The van der Waals surface area contributed by atoms with Crippen molar-refractivity contribution in [3.63, 3.8) is 0 Å². The molecule has 130 valence electrons. The van der Waals surface area contributed by atoms with E-state index < -0.39 is 5.67 Å². The van der Waals surface area contributed by atoms with Crippen LogP contribution in [0.1, 0.15) is 38.3 Å². The smallest absolute Gasteiger partial charge is 0.198 e. The van der Waals surface area contributed by atoms with Crippen LogP contribution in [0.15, 0.2) is 5.38 Å². The lowest BCUT2D eigenvalue weighted by Crippen LogP contribution is -2.33. The van der Waals surface area contributed by atoms with Crippen LogP contribution in [0.5, 0.6) is 5.75 Å². The Balaban J connectivity index is 1.87. The molecule has 0 amide bonds. The Kier molecular flexibility index (Phi) is 4.92. The van der Waals surface area contributed by atoms with Crippen LogP contribution in [0, 0.1) is 6.92 Å². The monoisotopic (exact) mass is 370 g/mol. The van der Waals surface area contributed by atoms with Crippen LogP contribution in [0.25, 0.3) is 10.8 Å². The number of anilines is 1. The SMILES string of the molecule is COc1c(Cl)nc(-c2nc(C)cs2)nc1NC1CCC(C)(F)CC1. The Hall–Kier alpha value is -1.47. The summed E-state index contributed by atoms with van der Waals surface area (Å²) < 4.78 is 19.3. The van der Waals surface area contributed by atoms with E-state index in [-0.39, 0.29) is 11.2 Å². The summed E-state index contributed by atoms with van der Waals surface area (Å²) in [7, 11) is 1.53. The molecule has 24 heavy (non-hydrogen) atoms. The molecule has 1 saturated carbocycles. The Morgan fingerprint density at radius 3 is 2.62 bits per heavy atom. The minimum Gasteiger partial charge on any atom is -0.490 e. The van der Waals surface area contributed by atoms with E-state index in [9.17, 15) is 4.39 Å². The van der Waals surface area contributed by atoms with Crippen LogP contribution in [0.4, 0.5) is 10.2 Å². The summed E-state index contributed by atoms with van der Waals surface area (Å²) >= 11 is 7.72. The molecular formula is C16H20ClFN4OS. The summed E-state index contributed by atoms with van der Waals surface area (Å²) in [5.41, 5.74) is -0.163. The number of nitrogens with zero attached hydrogens (tertiary/aromatic N) is 3. The van der Waals surface area contributed by atoms with Crippen molar-refractivity contribution in [2.45, 2.75) is 51.2 Å². The Bertz CT molecular complexity index is 727. The fourth-order valence-electron chi connectivity index (χ4n) is 2.81. The van der Waals surface area contributed by atoms with Crippen LogP contribution >= 0.6 is 22.9 Å². The van der Waals surface area contributed by atoms with Crippen molar-refractivity contribution in [2.75, 3.05) is 12.4 Å². The number of rotatable bonds is 4. The van der Waals surface area contributed by atoms with Crippen molar-refractivity contribution in [3.05, 3.63) is 16.2 Å². The van der Waals surface area contributed by atoms with Crippen molar-refractivity contribution in [1.29, 1.82) is 0 Å². The predicted octanol–water partition coefficient (Wildman–Crippen LogP) is 4.65. The van der Waals surface area contributed by atoms with Gasteiger partial charge < -0.3 is 10.1 Å². The summed E-state index contributed by atoms with van der Waals surface area (Å²) in [6.45, 7) is 3.58. The van der Waals surface area contributed by atoms with Crippen molar-refractivity contribution >= 4 is 28.8 Å². The van der Waals surface area contributed by atoms with E-state index in [1.54, 1.807) is 6.92 Å². The molecule has 0 radical (unpaired) electrons. The van der Waals surface area contributed by atoms with Crippen molar-refractivity contribution in [3.8, 4) is 16.6 Å². The van der Waals surface area contributed by atoms with Gasteiger partial charge in [0.1, 0.15) is 5.67 Å². The summed E-state index contributed by atoms with van der Waals surface area (Å²) in [6.07, 6.45) is 2.54. The zero-order valence-electron chi connectivity index (χ0n) is 13.9. The zero-order chi connectivity index (χ0) is 17.3. The topological polar surface area (TPSA) is 59.9 Å². The first-order valence-corrected chi connectivity index (χ1v) is 9.13. The number of hydrogen-bond donors (Lipinski definition) is 1. The number of methoxy groups -OCH3 is 1. The normalized spacial score (nSPS) is 24.0. The Morgan fingerprint density at radius 2 is 2.04 bits per heavy atom. The molecular weight excluding hydrogens is 351 g/mol. The van der Waals surface area contributed by atoms with Crippen molar-refractivity contribution in [2.24, 2.45) is 0 Å². The molecule has 8 heteroatoms. The quantitative estimate of drug-likeness (QED) is 0.793. The van der Waals surface area contributed by atoms with E-state index >= 15 is 0 Å². The molecule has 0 spiro atoms. The third-order valence-corrected chi connectivity index (χ3v) is 5.42. The van der Waals surface area contributed by atoms with Gasteiger partial charge in [-0.2, -0.15) is 0 Å². The van der Waals surface area contributed by atoms with Crippen LogP contribution in [-0.4, -0.2) is 33.8 Å². The molecule has 0 unspecified atom stereocenters. The number of aryl methyl sites for hydroxylation is 1. The van der Waals surface area contributed by atoms with E-state index in [0.29, 0.717) is 35.2 Å². The van der Waals surface area contributed by atoms with Gasteiger partial charge in [0.05, 0.1) is 7.11 Å². The van der Waals surface area contributed by atoms with Gasteiger partial charge in [-0.25, -0.2) is 19.3 Å². The van der Waals surface area contributed by atoms with Crippen LogP contribution in [0.3, 0.4) is 0 Å². The molecule has 0 aromatic carbocycles. The number of alkyl halides is 1. The molecule has 0 aliphatic heterocycles. The molecule has 5 nitrogen and oxygen atoms in total. The molecule has 1 fully saturated rings. The molecule has 0 bridgehead atoms. The molecule has 3 rings (SSSR count). The van der Waals surface area contributed by atoms with Gasteiger partial charge >= 0.3 is 0 Å². The van der Waals surface area contributed by atoms with Gasteiger partial charge in [-0.05, 0) is 39.5 Å². The number of ether oxygens (including phenoxy) is 1. The third kappa shape index (κ3) is 3.78. The number of nitrogens with one attached hydrogen (secondary N) is 1. The van der Waals surface area contributed by atoms with Gasteiger partial charge in [-0.3, -0.25) is 0 Å². The summed E-state index contributed by atoms with van der Waals surface area (Å²) in [5.74, 6) is 1.41. The maximum atomic E-state index is 14.0. The standard InChI is InChI=1S/C16H20ClFN4OS/c1-9-8-24-15(19-9)14-21-12(17)11(23-3)13(22-14)20-10-4-6-16(2,18)7-5-10/h8,10H,4-7H2,1-3H3,(H,20,21,22). The average molecular weight is 371 g/mol. The molecule has 2 aromatic rings. The van der Waals surface area contributed by atoms with E-state index in [1.165, 1.54) is 18.4 Å². The van der Waals surface area contributed by atoms with Gasteiger partial charge in [0.2, 0.25) is 0 Å². The minimum absolute atomic E-state index is 0.138. The largest absolute Gasteiger partial charge is 0.490 e.